The van der Waals surface area contributed by atoms with Gasteiger partial charge < -0.3 is 19.5 Å². The highest BCUT2D eigenvalue weighted by atomic mass is 16.5. The summed E-state index contributed by atoms with van der Waals surface area (Å²) in [6, 6.07) is 14.8. The molecule has 0 unspecified atom stereocenters. The van der Waals surface area contributed by atoms with Crippen LogP contribution in [0.25, 0.3) is 0 Å². The summed E-state index contributed by atoms with van der Waals surface area (Å²) in [6.45, 7) is 2.51. The maximum atomic E-state index is 13.2. The molecule has 2 saturated heterocycles. The maximum absolute atomic E-state index is 13.2. The topological polar surface area (TPSA) is 90.0 Å². The number of carbonyl (C=O) groups excluding carboxylic acids is 3. The van der Waals surface area contributed by atoms with Crippen molar-refractivity contribution in [1.82, 2.24) is 9.80 Å². The molecule has 4 rings (SSSR count). The zero-order valence-corrected chi connectivity index (χ0v) is 16.7. The second kappa shape index (κ2) is 7.91. The van der Waals surface area contributed by atoms with Gasteiger partial charge in [0.1, 0.15) is 5.72 Å². The SMILES string of the molecule is Cc1ccccc1C(=O)N1CCC2(CC1)OC[C@H](C(=O)[O-])N2C(=O)c1ccccc1. The predicted octanol–water partition coefficient (Wildman–Crippen LogP) is 1.22. The molecule has 7 heteroatoms. The van der Waals surface area contributed by atoms with E-state index in [9.17, 15) is 19.5 Å². The van der Waals surface area contributed by atoms with E-state index in [0.29, 0.717) is 37.1 Å². The number of nitrogens with zero attached hydrogens (tertiary/aromatic N) is 2. The molecule has 2 heterocycles. The van der Waals surface area contributed by atoms with E-state index >= 15 is 0 Å². The lowest BCUT2D eigenvalue weighted by Gasteiger charge is -2.45. The highest BCUT2D eigenvalue weighted by Gasteiger charge is 2.52. The van der Waals surface area contributed by atoms with Crippen molar-refractivity contribution in [3.63, 3.8) is 0 Å². The van der Waals surface area contributed by atoms with Crippen LogP contribution in [0.4, 0.5) is 0 Å². The number of amides is 2. The number of ether oxygens (including phenoxy) is 1. The third-order valence-corrected chi connectivity index (χ3v) is 5.98. The van der Waals surface area contributed by atoms with Gasteiger partial charge in [-0.3, -0.25) is 14.5 Å². The Morgan fingerprint density at radius 1 is 0.967 bits per heavy atom. The van der Waals surface area contributed by atoms with Crippen molar-refractivity contribution in [3.8, 4) is 0 Å². The largest absolute Gasteiger partial charge is 0.548 e. The molecule has 1 atom stereocenters. The van der Waals surface area contributed by atoms with Crippen molar-refractivity contribution in [2.45, 2.75) is 31.5 Å². The van der Waals surface area contributed by atoms with E-state index in [2.05, 4.69) is 0 Å². The number of hydrogen-bond acceptors (Lipinski definition) is 5. The minimum atomic E-state index is -1.34. The normalized spacial score (nSPS) is 20.4. The van der Waals surface area contributed by atoms with Crippen molar-refractivity contribution in [2.24, 2.45) is 0 Å². The molecule has 30 heavy (non-hydrogen) atoms. The fraction of sp³-hybridized carbons (Fsp3) is 0.348. The van der Waals surface area contributed by atoms with E-state index < -0.39 is 23.6 Å². The number of piperidine rings is 1. The van der Waals surface area contributed by atoms with Crippen LogP contribution < -0.4 is 5.11 Å². The summed E-state index contributed by atoms with van der Waals surface area (Å²) in [5, 5.41) is 11.7. The molecule has 2 aromatic carbocycles. The van der Waals surface area contributed by atoms with Crippen molar-refractivity contribution in [1.29, 1.82) is 0 Å². The number of carbonyl (C=O) groups is 3. The Labute approximate surface area is 174 Å². The van der Waals surface area contributed by atoms with Crippen LogP contribution in [-0.2, 0) is 9.53 Å². The van der Waals surface area contributed by atoms with Gasteiger partial charge in [-0.25, -0.2) is 0 Å². The third-order valence-electron chi connectivity index (χ3n) is 5.98. The third kappa shape index (κ3) is 3.45. The van der Waals surface area contributed by atoms with Gasteiger partial charge in [0.15, 0.2) is 0 Å². The molecule has 2 aliphatic rings. The quantitative estimate of drug-likeness (QED) is 0.763. The maximum Gasteiger partial charge on any atom is 0.256 e. The van der Waals surface area contributed by atoms with Crippen molar-refractivity contribution in [2.75, 3.05) is 19.7 Å². The van der Waals surface area contributed by atoms with Gasteiger partial charge in [0.2, 0.25) is 0 Å². The monoisotopic (exact) mass is 407 g/mol. The lowest BCUT2D eigenvalue weighted by Crippen LogP contribution is -2.60. The summed E-state index contributed by atoms with van der Waals surface area (Å²) >= 11 is 0. The van der Waals surface area contributed by atoms with Crippen LogP contribution in [0.1, 0.15) is 39.1 Å². The summed E-state index contributed by atoms with van der Waals surface area (Å²) in [6.07, 6.45) is 0.681. The number of likely N-dealkylation sites (tertiary alicyclic amines) is 1. The Bertz CT molecular complexity index is 967. The molecular weight excluding hydrogens is 384 g/mol. The van der Waals surface area contributed by atoms with Crippen LogP contribution >= 0.6 is 0 Å². The fourth-order valence-electron chi connectivity index (χ4n) is 4.31. The number of benzene rings is 2. The Morgan fingerprint density at radius 2 is 1.60 bits per heavy atom. The van der Waals surface area contributed by atoms with Crippen molar-refractivity contribution in [3.05, 3.63) is 71.3 Å². The zero-order valence-electron chi connectivity index (χ0n) is 16.7. The first-order chi connectivity index (χ1) is 14.4. The second-order valence-corrected chi connectivity index (χ2v) is 7.74. The van der Waals surface area contributed by atoms with E-state index in [1.54, 1.807) is 41.3 Å². The van der Waals surface area contributed by atoms with Crippen LogP contribution in [0.15, 0.2) is 54.6 Å². The average Bonchev–Trinajstić information content (AvgIpc) is 3.13. The molecule has 0 N–H and O–H groups in total. The smallest absolute Gasteiger partial charge is 0.256 e. The first kappa shape index (κ1) is 20.1. The van der Waals surface area contributed by atoms with Crippen LogP contribution in [0.5, 0.6) is 0 Å². The molecule has 156 valence electrons. The molecule has 0 saturated carbocycles. The van der Waals surface area contributed by atoms with Crippen molar-refractivity contribution < 1.29 is 24.2 Å². The van der Waals surface area contributed by atoms with Crippen LogP contribution in [0.3, 0.4) is 0 Å². The number of rotatable bonds is 3. The predicted molar refractivity (Wildman–Crippen MR) is 106 cm³/mol. The first-order valence-electron chi connectivity index (χ1n) is 10.0. The summed E-state index contributed by atoms with van der Waals surface area (Å²) in [5.41, 5.74) is 0.885. The van der Waals surface area contributed by atoms with Gasteiger partial charge in [0.25, 0.3) is 11.8 Å². The molecule has 0 aliphatic carbocycles. The van der Waals surface area contributed by atoms with Gasteiger partial charge in [0.05, 0.1) is 18.6 Å². The Hall–Kier alpha value is -3.19. The summed E-state index contributed by atoms with van der Waals surface area (Å²) in [5.74, 6) is -1.81. The fourth-order valence-corrected chi connectivity index (χ4v) is 4.31. The summed E-state index contributed by atoms with van der Waals surface area (Å²) in [7, 11) is 0. The molecule has 0 bridgehead atoms. The second-order valence-electron chi connectivity index (χ2n) is 7.74. The van der Waals surface area contributed by atoms with Crippen molar-refractivity contribution >= 4 is 17.8 Å². The molecule has 2 aromatic rings. The molecule has 2 aliphatic heterocycles. The van der Waals surface area contributed by atoms with Crippen LogP contribution in [0.2, 0.25) is 0 Å². The minimum Gasteiger partial charge on any atom is -0.548 e. The Balaban J connectivity index is 1.56. The van der Waals surface area contributed by atoms with Crippen LogP contribution in [-0.4, -0.2) is 59.0 Å². The van der Waals surface area contributed by atoms with E-state index in [-0.39, 0.29) is 12.5 Å². The summed E-state index contributed by atoms with van der Waals surface area (Å²) in [4.78, 5) is 40.9. The molecule has 2 fully saturated rings. The van der Waals surface area contributed by atoms with Gasteiger partial charge >= 0.3 is 0 Å². The van der Waals surface area contributed by atoms with E-state index in [1.807, 2.05) is 25.1 Å². The van der Waals surface area contributed by atoms with Gasteiger partial charge in [-0.1, -0.05) is 36.4 Å². The zero-order chi connectivity index (χ0) is 21.3. The molecule has 1 spiro atoms. The lowest BCUT2D eigenvalue weighted by atomic mass is 9.95. The molecule has 7 nitrogen and oxygen atoms in total. The Morgan fingerprint density at radius 3 is 2.23 bits per heavy atom. The molecular formula is C23H23N2O5-. The summed E-state index contributed by atoms with van der Waals surface area (Å²) < 4.78 is 5.91. The molecule has 2 amide bonds. The average molecular weight is 407 g/mol. The van der Waals surface area contributed by atoms with Gasteiger partial charge in [-0.15, -0.1) is 0 Å². The molecule has 0 radical (unpaired) electrons. The van der Waals surface area contributed by atoms with Gasteiger partial charge in [0, 0.05) is 37.1 Å². The van der Waals surface area contributed by atoms with E-state index in [4.69, 9.17) is 4.74 Å². The molecule has 0 aromatic heterocycles. The number of aliphatic carboxylic acids is 1. The van der Waals surface area contributed by atoms with Crippen LogP contribution in [0, 0.1) is 6.92 Å². The van der Waals surface area contributed by atoms with E-state index in [0.717, 1.165) is 5.56 Å². The lowest BCUT2D eigenvalue weighted by molar-refractivity contribution is -0.310. The van der Waals surface area contributed by atoms with E-state index in [1.165, 1.54) is 4.90 Å². The van der Waals surface area contributed by atoms with Gasteiger partial charge in [-0.2, -0.15) is 0 Å². The highest BCUT2D eigenvalue weighted by Crippen LogP contribution is 2.38. The minimum absolute atomic E-state index is 0.0710. The number of carboxylic acids is 1. The van der Waals surface area contributed by atoms with Gasteiger partial charge in [-0.05, 0) is 30.7 Å². The Kier molecular flexibility index (Phi) is 5.30. The highest BCUT2D eigenvalue weighted by molar-refractivity contribution is 5.97. The number of carboxylic acid groups (broad SMARTS) is 1. The first-order valence-corrected chi connectivity index (χ1v) is 10.0. The number of hydrogen-bond donors (Lipinski definition) is 0. The number of aryl methyl sites for hydroxylation is 1. The standard InChI is InChI=1S/C23H24N2O5/c1-16-7-5-6-10-18(16)21(27)24-13-11-23(12-14-24)25(19(15-30-23)22(28)29)20(26)17-8-3-2-4-9-17/h2-10,19H,11-15H2,1H3,(H,28,29)/p-1/t19-/m1/s1.